The van der Waals surface area contributed by atoms with Gasteiger partial charge >= 0.3 is 0 Å². The topological polar surface area (TPSA) is 66.9 Å². The molecule has 21 heavy (non-hydrogen) atoms. The predicted molar refractivity (Wildman–Crippen MR) is 83.8 cm³/mol. The molecule has 110 valence electrons. The maximum atomic E-state index is 11.9. The first-order valence-corrected chi connectivity index (χ1v) is 6.93. The van der Waals surface area contributed by atoms with E-state index in [0.717, 1.165) is 5.69 Å². The Morgan fingerprint density at radius 3 is 2.52 bits per heavy atom. The maximum Gasteiger partial charge on any atom is 0.270 e. The van der Waals surface area contributed by atoms with Crippen LogP contribution < -0.4 is 10.6 Å². The highest BCUT2D eigenvalue weighted by Crippen LogP contribution is 2.18. The second-order valence-corrected chi connectivity index (χ2v) is 5.34. The molecule has 0 saturated heterocycles. The first kappa shape index (κ1) is 15.0. The van der Waals surface area contributed by atoms with E-state index in [1.54, 1.807) is 6.07 Å². The maximum absolute atomic E-state index is 11.9. The fourth-order valence-corrected chi connectivity index (χ4v) is 1.85. The Labute approximate surface area is 124 Å². The number of benzene rings is 1. The monoisotopic (exact) mass is 284 g/mol. The van der Waals surface area contributed by atoms with Crippen molar-refractivity contribution >= 4 is 17.4 Å². The van der Waals surface area contributed by atoms with Gasteiger partial charge in [0, 0.05) is 17.8 Å². The Morgan fingerprint density at radius 1 is 1.10 bits per heavy atom. The van der Waals surface area contributed by atoms with Crippen LogP contribution in [0.1, 0.15) is 35.5 Å². The molecule has 0 bridgehead atoms. The zero-order valence-electron chi connectivity index (χ0n) is 12.8. The van der Waals surface area contributed by atoms with Gasteiger partial charge in [0.15, 0.2) is 0 Å². The quantitative estimate of drug-likeness (QED) is 0.905. The molecule has 0 unspecified atom stereocenters. The Balaban J connectivity index is 2.17. The van der Waals surface area contributed by atoms with Gasteiger partial charge in [-0.05, 0) is 51.0 Å². The first-order valence-electron chi connectivity index (χ1n) is 6.93. The van der Waals surface area contributed by atoms with Gasteiger partial charge in [0.25, 0.3) is 5.91 Å². The number of hydrogen-bond donors (Lipinski definition) is 2. The van der Waals surface area contributed by atoms with Gasteiger partial charge in [0.05, 0.1) is 0 Å². The smallest absolute Gasteiger partial charge is 0.270 e. The van der Waals surface area contributed by atoms with Crippen molar-refractivity contribution in [3.8, 4) is 0 Å². The summed E-state index contributed by atoms with van der Waals surface area (Å²) in [5, 5.41) is 6.00. The number of carbonyl (C=O) groups is 1. The van der Waals surface area contributed by atoms with Gasteiger partial charge in [-0.1, -0.05) is 6.07 Å². The number of anilines is 2. The number of aromatic nitrogens is 2. The third-order valence-electron chi connectivity index (χ3n) is 3.10. The molecular formula is C16H20N4O. The van der Waals surface area contributed by atoms with Gasteiger partial charge in [-0.2, -0.15) is 0 Å². The lowest BCUT2D eigenvalue weighted by molar-refractivity contribution is 0.0938. The van der Waals surface area contributed by atoms with Crippen molar-refractivity contribution in [1.82, 2.24) is 15.3 Å². The summed E-state index contributed by atoms with van der Waals surface area (Å²) >= 11 is 0. The predicted octanol–water partition coefficient (Wildman–Crippen LogP) is 2.98. The minimum atomic E-state index is -0.199. The SMILES string of the molecule is Cc1ccc(Nc2cc(C(=O)NC(C)C)ncn2)cc1C. The molecule has 2 N–H and O–H groups in total. The average Bonchev–Trinajstić information content (AvgIpc) is 2.42. The summed E-state index contributed by atoms with van der Waals surface area (Å²) < 4.78 is 0. The van der Waals surface area contributed by atoms with Crippen LogP contribution in [0.5, 0.6) is 0 Å². The van der Waals surface area contributed by atoms with Crippen LogP contribution in [0.4, 0.5) is 11.5 Å². The first-order chi connectivity index (χ1) is 9.95. The van der Waals surface area contributed by atoms with E-state index in [1.807, 2.05) is 32.0 Å². The number of hydrogen-bond acceptors (Lipinski definition) is 4. The summed E-state index contributed by atoms with van der Waals surface area (Å²) in [5.41, 5.74) is 3.73. The molecule has 0 aliphatic rings. The van der Waals surface area contributed by atoms with Crippen LogP contribution in [-0.4, -0.2) is 21.9 Å². The zero-order valence-corrected chi connectivity index (χ0v) is 12.8. The van der Waals surface area contributed by atoms with Crippen LogP contribution in [0.3, 0.4) is 0 Å². The number of rotatable bonds is 4. The molecule has 0 radical (unpaired) electrons. The molecule has 0 aliphatic carbocycles. The highest BCUT2D eigenvalue weighted by atomic mass is 16.1. The molecule has 2 rings (SSSR count). The van der Waals surface area contributed by atoms with Crippen molar-refractivity contribution in [2.24, 2.45) is 0 Å². The third-order valence-corrected chi connectivity index (χ3v) is 3.10. The number of amides is 1. The van der Waals surface area contributed by atoms with Crippen LogP contribution in [0.15, 0.2) is 30.6 Å². The minimum absolute atomic E-state index is 0.0728. The lowest BCUT2D eigenvalue weighted by atomic mass is 10.1. The van der Waals surface area contributed by atoms with Gasteiger partial charge < -0.3 is 10.6 Å². The molecule has 1 amide bonds. The summed E-state index contributed by atoms with van der Waals surface area (Å²) in [5.74, 6) is 0.401. The standard InChI is InChI=1S/C16H20N4O/c1-10(2)19-16(21)14-8-15(18-9-17-14)20-13-6-5-11(3)12(4)7-13/h5-10H,1-4H3,(H,19,21)(H,17,18,20). The van der Waals surface area contributed by atoms with E-state index in [9.17, 15) is 4.79 Å². The molecule has 5 nitrogen and oxygen atoms in total. The van der Waals surface area contributed by atoms with Gasteiger partial charge in [0.2, 0.25) is 0 Å². The van der Waals surface area contributed by atoms with E-state index in [1.165, 1.54) is 17.5 Å². The lowest BCUT2D eigenvalue weighted by Gasteiger charge is -2.10. The number of carbonyl (C=O) groups excluding carboxylic acids is 1. The van der Waals surface area contributed by atoms with Gasteiger partial charge in [-0.3, -0.25) is 4.79 Å². The molecule has 0 fully saturated rings. The van der Waals surface area contributed by atoms with E-state index in [2.05, 4.69) is 34.4 Å². The summed E-state index contributed by atoms with van der Waals surface area (Å²) in [7, 11) is 0. The molecule has 0 atom stereocenters. The molecule has 2 aromatic rings. The van der Waals surface area contributed by atoms with Crippen LogP contribution in [0.25, 0.3) is 0 Å². The molecule has 0 saturated carbocycles. The number of nitrogens with zero attached hydrogens (tertiary/aromatic N) is 2. The van der Waals surface area contributed by atoms with Crippen molar-refractivity contribution in [3.05, 3.63) is 47.4 Å². The molecule has 5 heteroatoms. The molecular weight excluding hydrogens is 264 g/mol. The van der Waals surface area contributed by atoms with Crippen molar-refractivity contribution < 1.29 is 4.79 Å². The minimum Gasteiger partial charge on any atom is -0.349 e. The normalized spacial score (nSPS) is 10.5. The van der Waals surface area contributed by atoms with Crippen LogP contribution in [0, 0.1) is 13.8 Å². The van der Waals surface area contributed by atoms with Gasteiger partial charge in [-0.25, -0.2) is 9.97 Å². The van der Waals surface area contributed by atoms with E-state index in [0.29, 0.717) is 11.5 Å². The summed E-state index contributed by atoms with van der Waals surface area (Å²) in [4.78, 5) is 20.1. The number of aryl methyl sites for hydroxylation is 2. The highest BCUT2D eigenvalue weighted by molar-refractivity contribution is 5.93. The lowest BCUT2D eigenvalue weighted by Crippen LogP contribution is -2.30. The van der Waals surface area contributed by atoms with E-state index in [-0.39, 0.29) is 11.9 Å². The summed E-state index contributed by atoms with van der Waals surface area (Å²) in [6.45, 7) is 7.95. The molecule has 1 aromatic carbocycles. The zero-order chi connectivity index (χ0) is 15.4. The molecule has 0 spiro atoms. The Bertz CT molecular complexity index is 652. The van der Waals surface area contributed by atoms with Crippen molar-refractivity contribution in [2.75, 3.05) is 5.32 Å². The molecule has 1 heterocycles. The van der Waals surface area contributed by atoms with E-state index in [4.69, 9.17) is 0 Å². The van der Waals surface area contributed by atoms with Crippen LogP contribution in [-0.2, 0) is 0 Å². The molecule has 0 aliphatic heterocycles. The van der Waals surface area contributed by atoms with Gasteiger partial charge in [0.1, 0.15) is 17.8 Å². The van der Waals surface area contributed by atoms with E-state index >= 15 is 0 Å². The largest absolute Gasteiger partial charge is 0.349 e. The summed E-state index contributed by atoms with van der Waals surface area (Å²) in [6, 6.07) is 7.80. The van der Waals surface area contributed by atoms with E-state index < -0.39 is 0 Å². The third kappa shape index (κ3) is 4.02. The van der Waals surface area contributed by atoms with Crippen molar-refractivity contribution in [2.45, 2.75) is 33.7 Å². The fourth-order valence-electron chi connectivity index (χ4n) is 1.85. The Hall–Kier alpha value is -2.43. The molecule has 1 aromatic heterocycles. The second kappa shape index (κ2) is 6.35. The second-order valence-electron chi connectivity index (χ2n) is 5.34. The van der Waals surface area contributed by atoms with Crippen molar-refractivity contribution in [3.63, 3.8) is 0 Å². The number of nitrogens with one attached hydrogen (secondary N) is 2. The Kier molecular flexibility index (Phi) is 4.52. The fraction of sp³-hybridized carbons (Fsp3) is 0.312. The van der Waals surface area contributed by atoms with Crippen molar-refractivity contribution in [1.29, 1.82) is 0 Å². The highest BCUT2D eigenvalue weighted by Gasteiger charge is 2.09. The van der Waals surface area contributed by atoms with Crippen LogP contribution >= 0.6 is 0 Å². The van der Waals surface area contributed by atoms with Crippen LogP contribution in [0.2, 0.25) is 0 Å². The Morgan fingerprint density at radius 2 is 1.86 bits per heavy atom. The van der Waals surface area contributed by atoms with Gasteiger partial charge in [-0.15, -0.1) is 0 Å². The summed E-state index contributed by atoms with van der Waals surface area (Å²) in [6.07, 6.45) is 1.39. The average molecular weight is 284 g/mol.